The van der Waals surface area contributed by atoms with Gasteiger partial charge in [0, 0.05) is 37.3 Å². The molecule has 1 aliphatic heterocycles. The molecule has 152 valence electrons. The molecule has 2 aliphatic rings. The second kappa shape index (κ2) is 6.57. The van der Waals surface area contributed by atoms with E-state index < -0.39 is 11.7 Å². The normalized spacial score (nSPS) is 17.4. The number of aromatic nitrogens is 4. The molecule has 1 saturated carbocycles. The van der Waals surface area contributed by atoms with Crippen molar-refractivity contribution < 1.29 is 22.5 Å². The van der Waals surface area contributed by atoms with Crippen LogP contribution in [0.1, 0.15) is 47.6 Å². The lowest BCUT2D eigenvalue weighted by Crippen LogP contribution is -2.27. The molecule has 0 unspecified atom stereocenters. The molecular weight excluding hydrogens is 387 g/mol. The molecular formula is C19H18F3N5O2. The molecule has 0 radical (unpaired) electrons. The Morgan fingerprint density at radius 1 is 1.21 bits per heavy atom. The summed E-state index contributed by atoms with van der Waals surface area (Å²) in [6, 6.07) is 2.59. The van der Waals surface area contributed by atoms with Crippen LogP contribution >= 0.6 is 0 Å². The van der Waals surface area contributed by atoms with Crippen LogP contribution in [-0.4, -0.2) is 43.7 Å². The Hall–Kier alpha value is -2.91. The van der Waals surface area contributed by atoms with Crippen molar-refractivity contribution in [3.63, 3.8) is 0 Å². The van der Waals surface area contributed by atoms with Crippen LogP contribution in [0.3, 0.4) is 0 Å². The predicted octanol–water partition coefficient (Wildman–Crippen LogP) is 3.59. The summed E-state index contributed by atoms with van der Waals surface area (Å²) in [6.07, 6.45) is 1.38. The highest BCUT2D eigenvalue weighted by Crippen LogP contribution is 2.40. The second-order valence-electron chi connectivity index (χ2n) is 7.64. The van der Waals surface area contributed by atoms with E-state index in [0.29, 0.717) is 31.3 Å². The summed E-state index contributed by atoms with van der Waals surface area (Å²) in [6.45, 7) is 1.23. The molecule has 0 atom stereocenters. The maximum absolute atomic E-state index is 13.9. The zero-order valence-corrected chi connectivity index (χ0v) is 15.4. The van der Waals surface area contributed by atoms with Crippen LogP contribution in [-0.2, 0) is 12.6 Å². The van der Waals surface area contributed by atoms with E-state index in [0.717, 1.165) is 25.7 Å². The highest BCUT2D eigenvalue weighted by molar-refractivity contribution is 5.93. The van der Waals surface area contributed by atoms with Crippen LogP contribution in [0.4, 0.5) is 13.2 Å². The van der Waals surface area contributed by atoms with Gasteiger partial charge in [-0.2, -0.15) is 13.2 Å². The third-order valence-corrected chi connectivity index (χ3v) is 5.49. The van der Waals surface area contributed by atoms with Gasteiger partial charge >= 0.3 is 6.18 Å². The van der Waals surface area contributed by atoms with E-state index in [1.807, 2.05) is 0 Å². The van der Waals surface area contributed by atoms with Gasteiger partial charge in [0.15, 0.2) is 17.1 Å². The SMILES string of the molecule is O=C(c1cc(-c2ccn3c(CC4CC4)nnc3c2C(F)(F)F)on1)N1CCCC1. The molecule has 3 aromatic heterocycles. The number of likely N-dealkylation sites (tertiary alicyclic amines) is 1. The zero-order valence-electron chi connectivity index (χ0n) is 15.4. The average molecular weight is 405 g/mol. The monoisotopic (exact) mass is 405 g/mol. The Balaban J connectivity index is 1.56. The first-order chi connectivity index (χ1) is 13.9. The summed E-state index contributed by atoms with van der Waals surface area (Å²) in [5.74, 6) is 0.530. The number of hydrogen-bond acceptors (Lipinski definition) is 5. The molecule has 3 aromatic rings. The van der Waals surface area contributed by atoms with Crippen molar-refractivity contribution >= 4 is 11.6 Å². The number of halogens is 3. The van der Waals surface area contributed by atoms with Crippen molar-refractivity contribution in [2.24, 2.45) is 5.92 Å². The molecule has 10 heteroatoms. The Kier molecular flexibility index (Phi) is 4.11. The number of pyridine rings is 1. The Morgan fingerprint density at radius 3 is 2.66 bits per heavy atom. The second-order valence-corrected chi connectivity index (χ2v) is 7.64. The fourth-order valence-electron chi connectivity index (χ4n) is 3.79. The lowest BCUT2D eigenvalue weighted by atomic mass is 10.1. The average Bonchev–Trinajstić information content (AvgIpc) is 3.10. The summed E-state index contributed by atoms with van der Waals surface area (Å²) in [5.41, 5.74) is -1.41. The Bertz CT molecular complexity index is 1080. The maximum atomic E-state index is 13.9. The quantitative estimate of drug-likeness (QED) is 0.663. The summed E-state index contributed by atoms with van der Waals surface area (Å²) in [7, 11) is 0. The van der Waals surface area contributed by atoms with Crippen molar-refractivity contribution in [1.29, 1.82) is 0 Å². The number of carbonyl (C=O) groups is 1. The van der Waals surface area contributed by atoms with Crippen molar-refractivity contribution in [3.05, 3.63) is 35.4 Å². The number of fused-ring (bicyclic) bond motifs is 1. The number of alkyl halides is 3. The summed E-state index contributed by atoms with van der Waals surface area (Å²) >= 11 is 0. The van der Waals surface area contributed by atoms with E-state index in [2.05, 4.69) is 15.4 Å². The van der Waals surface area contributed by atoms with Gasteiger partial charge in [-0.1, -0.05) is 5.16 Å². The van der Waals surface area contributed by atoms with E-state index >= 15 is 0 Å². The molecule has 29 heavy (non-hydrogen) atoms. The van der Waals surface area contributed by atoms with Gasteiger partial charge in [-0.05, 0) is 37.7 Å². The molecule has 1 amide bonds. The molecule has 1 aliphatic carbocycles. The molecule has 0 N–H and O–H groups in total. The van der Waals surface area contributed by atoms with Crippen molar-refractivity contribution in [3.8, 4) is 11.3 Å². The smallest absolute Gasteiger partial charge is 0.355 e. The number of nitrogens with zero attached hydrogens (tertiary/aromatic N) is 5. The van der Waals surface area contributed by atoms with Crippen LogP contribution in [0.25, 0.3) is 17.0 Å². The van der Waals surface area contributed by atoms with Gasteiger partial charge in [-0.25, -0.2) is 0 Å². The van der Waals surface area contributed by atoms with Gasteiger partial charge in [0.1, 0.15) is 11.4 Å². The first-order valence-electron chi connectivity index (χ1n) is 9.62. The van der Waals surface area contributed by atoms with E-state index in [1.165, 1.54) is 22.7 Å². The van der Waals surface area contributed by atoms with Crippen molar-refractivity contribution in [2.45, 2.75) is 38.3 Å². The number of carbonyl (C=O) groups excluding carboxylic acids is 1. The molecule has 2 fully saturated rings. The highest BCUT2D eigenvalue weighted by atomic mass is 19.4. The van der Waals surface area contributed by atoms with Gasteiger partial charge in [-0.3, -0.25) is 9.20 Å². The lowest BCUT2D eigenvalue weighted by molar-refractivity contribution is -0.136. The van der Waals surface area contributed by atoms with Gasteiger partial charge in [-0.15, -0.1) is 10.2 Å². The number of hydrogen-bond donors (Lipinski definition) is 0. The minimum absolute atomic E-state index is 0.00536. The summed E-state index contributed by atoms with van der Waals surface area (Å²) < 4.78 is 48.4. The topological polar surface area (TPSA) is 76.5 Å². The number of amides is 1. The Labute approximate surface area is 163 Å². The lowest BCUT2D eigenvalue weighted by Gasteiger charge is -2.12. The summed E-state index contributed by atoms with van der Waals surface area (Å²) in [5, 5.41) is 11.5. The molecule has 5 rings (SSSR count). The zero-order chi connectivity index (χ0) is 20.2. The minimum Gasteiger partial charge on any atom is -0.355 e. The van der Waals surface area contributed by atoms with Crippen LogP contribution < -0.4 is 0 Å². The van der Waals surface area contributed by atoms with Gasteiger partial charge in [0.05, 0.1) is 0 Å². The van der Waals surface area contributed by atoms with Crippen LogP contribution in [0, 0.1) is 5.92 Å². The first kappa shape index (κ1) is 18.1. The van der Waals surface area contributed by atoms with Crippen molar-refractivity contribution in [2.75, 3.05) is 13.1 Å². The van der Waals surface area contributed by atoms with Gasteiger partial charge in [0.25, 0.3) is 5.91 Å². The summed E-state index contributed by atoms with van der Waals surface area (Å²) in [4.78, 5) is 14.1. The fraction of sp³-hybridized carbons (Fsp3) is 0.474. The van der Waals surface area contributed by atoms with Crippen molar-refractivity contribution in [1.82, 2.24) is 24.7 Å². The molecule has 0 spiro atoms. The van der Waals surface area contributed by atoms with E-state index in [9.17, 15) is 18.0 Å². The molecule has 7 nitrogen and oxygen atoms in total. The Morgan fingerprint density at radius 2 is 1.97 bits per heavy atom. The highest BCUT2D eigenvalue weighted by Gasteiger charge is 2.39. The largest absolute Gasteiger partial charge is 0.420 e. The third kappa shape index (κ3) is 3.26. The molecule has 4 heterocycles. The molecule has 0 aromatic carbocycles. The molecule has 1 saturated heterocycles. The standard InChI is InChI=1S/C19H18F3N5O2/c20-19(21,22)16-12(5-8-27-15(9-11-3-4-11)23-24-17(16)27)14-10-13(25-29-14)18(28)26-6-1-2-7-26/h5,8,10-11H,1-4,6-7,9H2. The van der Waals surface area contributed by atoms with Crippen LogP contribution in [0.2, 0.25) is 0 Å². The predicted molar refractivity (Wildman–Crippen MR) is 95.1 cm³/mol. The maximum Gasteiger partial charge on any atom is 0.420 e. The fourth-order valence-corrected chi connectivity index (χ4v) is 3.79. The van der Waals surface area contributed by atoms with E-state index in [1.54, 1.807) is 4.90 Å². The molecule has 0 bridgehead atoms. The first-order valence-corrected chi connectivity index (χ1v) is 9.62. The van der Waals surface area contributed by atoms with E-state index in [4.69, 9.17) is 4.52 Å². The van der Waals surface area contributed by atoms with Crippen LogP contribution in [0.15, 0.2) is 22.9 Å². The third-order valence-electron chi connectivity index (χ3n) is 5.49. The van der Waals surface area contributed by atoms with Gasteiger partial charge in [0.2, 0.25) is 0 Å². The van der Waals surface area contributed by atoms with Crippen LogP contribution in [0.5, 0.6) is 0 Å². The number of rotatable bonds is 4. The minimum atomic E-state index is -4.67. The van der Waals surface area contributed by atoms with E-state index in [-0.39, 0.29) is 28.6 Å². The van der Waals surface area contributed by atoms with Gasteiger partial charge < -0.3 is 9.42 Å².